The molecule has 4 nitrogen and oxygen atoms in total. The minimum Gasteiger partial charge on any atom is -0.481 e. The van der Waals surface area contributed by atoms with Crippen molar-refractivity contribution in [3.8, 4) is 0 Å². The van der Waals surface area contributed by atoms with E-state index < -0.39 is 17.3 Å². The minimum atomic E-state index is -0.852. The number of hydrogen-bond acceptors (Lipinski definition) is 3. The number of carbonyl (C=O) groups excluding carboxylic acids is 1. The van der Waals surface area contributed by atoms with Gasteiger partial charge in [-0.3, -0.25) is 9.59 Å². The van der Waals surface area contributed by atoms with Gasteiger partial charge in [0.25, 0.3) is 0 Å². The number of carbonyl (C=O) groups is 2. The van der Waals surface area contributed by atoms with Gasteiger partial charge >= 0.3 is 5.97 Å². The Bertz CT molecular complexity index is 383. The van der Waals surface area contributed by atoms with Crippen molar-refractivity contribution >= 4 is 23.6 Å². The molecule has 108 valence electrons. The Morgan fingerprint density at radius 3 is 2.37 bits per heavy atom. The maximum absolute atomic E-state index is 12.3. The Balaban J connectivity index is 1.96. The van der Waals surface area contributed by atoms with Gasteiger partial charge in [0.2, 0.25) is 5.91 Å². The number of nitrogens with one attached hydrogen (secondary N) is 1. The smallest absolute Gasteiger partial charge is 0.307 e. The second-order valence-corrected chi connectivity index (χ2v) is 7.37. The van der Waals surface area contributed by atoms with Crippen LogP contribution in [0.4, 0.5) is 0 Å². The topological polar surface area (TPSA) is 66.4 Å². The molecule has 2 aliphatic carbocycles. The van der Waals surface area contributed by atoms with Crippen LogP contribution in [0.2, 0.25) is 0 Å². The summed E-state index contributed by atoms with van der Waals surface area (Å²) < 4.78 is 0. The van der Waals surface area contributed by atoms with Crippen LogP contribution in [0.1, 0.15) is 39.5 Å². The van der Waals surface area contributed by atoms with E-state index in [9.17, 15) is 9.59 Å². The molecule has 0 aromatic heterocycles. The molecular weight excluding hydrogens is 262 g/mol. The van der Waals surface area contributed by atoms with Crippen molar-refractivity contribution in [1.29, 1.82) is 0 Å². The summed E-state index contributed by atoms with van der Waals surface area (Å²) in [7, 11) is 0. The molecule has 0 aliphatic heterocycles. The summed E-state index contributed by atoms with van der Waals surface area (Å²) in [5.74, 6) is -1.81. The fourth-order valence-corrected chi connectivity index (χ4v) is 4.34. The van der Waals surface area contributed by atoms with Crippen molar-refractivity contribution in [3.05, 3.63) is 0 Å². The van der Waals surface area contributed by atoms with Crippen LogP contribution in [-0.2, 0) is 9.59 Å². The quantitative estimate of drug-likeness (QED) is 0.830. The fraction of sp³-hybridized carbons (Fsp3) is 0.857. The maximum Gasteiger partial charge on any atom is 0.307 e. The lowest BCUT2D eigenvalue weighted by Crippen LogP contribution is -2.45. The lowest BCUT2D eigenvalue weighted by atomic mass is 9.94. The average molecular weight is 285 g/mol. The summed E-state index contributed by atoms with van der Waals surface area (Å²) in [6, 6.07) is 0.210. The molecule has 0 heterocycles. The van der Waals surface area contributed by atoms with Crippen molar-refractivity contribution in [3.63, 3.8) is 0 Å². The summed E-state index contributed by atoms with van der Waals surface area (Å²) in [4.78, 5) is 23.4. The Hall–Kier alpha value is -0.710. The highest BCUT2D eigenvalue weighted by molar-refractivity contribution is 7.99. The Labute approximate surface area is 118 Å². The highest BCUT2D eigenvalue weighted by atomic mass is 32.2. The van der Waals surface area contributed by atoms with E-state index in [2.05, 4.69) is 11.6 Å². The van der Waals surface area contributed by atoms with Gasteiger partial charge in [-0.2, -0.15) is 11.8 Å². The lowest BCUT2D eigenvalue weighted by Gasteiger charge is -2.31. The van der Waals surface area contributed by atoms with Gasteiger partial charge in [0.05, 0.1) is 11.8 Å². The molecule has 0 bridgehead atoms. The van der Waals surface area contributed by atoms with Crippen LogP contribution >= 0.6 is 11.8 Å². The molecule has 0 radical (unpaired) electrons. The van der Waals surface area contributed by atoms with Crippen LogP contribution in [0.5, 0.6) is 0 Å². The first kappa shape index (κ1) is 14.7. The van der Waals surface area contributed by atoms with Gasteiger partial charge in [-0.05, 0) is 24.5 Å². The highest BCUT2D eigenvalue weighted by Gasteiger charge is 2.66. The highest BCUT2D eigenvalue weighted by Crippen LogP contribution is 2.58. The third kappa shape index (κ3) is 2.76. The van der Waals surface area contributed by atoms with Crippen LogP contribution in [0.3, 0.4) is 0 Å². The number of amides is 1. The third-order valence-electron chi connectivity index (χ3n) is 4.71. The van der Waals surface area contributed by atoms with Gasteiger partial charge in [0.15, 0.2) is 0 Å². The summed E-state index contributed by atoms with van der Waals surface area (Å²) in [6.07, 6.45) is 6.61. The van der Waals surface area contributed by atoms with Gasteiger partial charge in [-0.25, -0.2) is 0 Å². The van der Waals surface area contributed by atoms with Gasteiger partial charge in [-0.1, -0.05) is 26.7 Å². The van der Waals surface area contributed by atoms with Crippen LogP contribution < -0.4 is 5.32 Å². The van der Waals surface area contributed by atoms with Gasteiger partial charge < -0.3 is 10.4 Å². The predicted molar refractivity (Wildman–Crippen MR) is 76.1 cm³/mol. The normalized spacial score (nSPS) is 36.6. The molecule has 19 heavy (non-hydrogen) atoms. The number of rotatable bonds is 4. The number of carboxylic acids is 1. The first-order valence-corrected chi connectivity index (χ1v) is 8.24. The Morgan fingerprint density at radius 1 is 1.21 bits per heavy atom. The van der Waals surface area contributed by atoms with Crippen LogP contribution in [-0.4, -0.2) is 34.5 Å². The van der Waals surface area contributed by atoms with Gasteiger partial charge in [0, 0.05) is 11.3 Å². The summed E-state index contributed by atoms with van der Waals surface area (Å²) in [5.41, 5.74) is -0.403. The molecule has 2 saturated carbocycles. The molecule has 2 aliphatic rings. The third-order valence-corrected chi connectivity index (χ3v) is 5.88. The van der Waals surface area contributed by atoms with Crippen LogP contribution in [0, 0.1) is 17.3 Å². The van der Waals surface area contributed by atoms with E-state index in [1.54, 1.807) is 11.8 Å². The van der Waals surface area contributed by atoms with Crippen molar-refractivity contribution in [1.82, 2.24) is 5.32 Å². The zero-order valence-electron chi connectivity index (χ0n) is 11.8. The van der Waals surface area contributed by atoms with Crippen molar-refractivity contribution in [2.75, 3.05) is 6.26 Å². The molecule has 2 rings (SSSR count). The van der Waals surface area contributed by atoms with Gasteiger partial charge in [-0.15, -0.1) is 0 Å². The molecule has 0 aromatic carbocycles. The summed E-state index contributed by atoms with van der Waals surface area (Å²) >= 11 is 1.80. The average Bonchev–Trinajstić information content (AvgIpc) is 2.93. The predicted octanol–water partition coefficient (Wildman–Crippen LogP) is 2.13. The Kier molecular flexibility index (Phi) is 4.14. The number of hydrogen-bond donors (Lipinski definition) is 2. The van der Waals surface area contributed by atoms with Crippen molar-refractivity contribution in [2.24, 2.45) is 17.3 Å². The van der Waals surface area contributed by atoms with E-state index in [4.69, 9.17) is 5.11 Å². The van der Waals surface area contributed by atoms with Crippen LogP contribution in [0.25, 0.3) is 0 Å². The largest absolute Gasteiger partial charge is 0.481 e. The summed E-state index contributed by atoms with van der Waals surface area (Å²) in [5, 5.41) is 12.7. The minimum absolute atomic E-state index is 0.0663. The van der Waals surface area contributed by atoms with E-state index >= 15 is 0 Å². The van der Waals surface area contributed by atoms with E-state index in [0.29, 0.717) is 5.25 Å². The fourth-order valence-electron chi connectivity index (χ4n) is 3.40. The second kappa shape index (κ2) is 5.35. The monoisotopic (exact) mass is 285 g/mol. The van der Waals surface area contributed by atoms with E-state index in [-0.39, 0.29) is 17.9 Å². The molecule has 0 saturated heterocycles. The van der Waals surface area contributed by atoms with Crippen molar-refractivity contribution < 1.29 is 14.7 Å². The van der Waals surface area contributed by atoms with Crippen molar-refractivity contribution in [2.45, 2.75) is 50.8 Å². The van der Waals surface area contributed by atoms with E-state index in [1.165, 1.54) is 6.42 Å². The molecule has 0 spiro atoms. The molecular formula is C14H23NO3S. The van der Waals surface area contributed by atoms with Gasteiger partial charge in [0.1, 0.15) is 0 Å². The van der Waals surface area contributed by atoms with E-state index in [0.717, 1.165) is 19.3 Å². The molecule has 2 N–H and O–H groups in total. The zero-order chi connectivity index (χ0) is 14.2. The van der Waals surface area contributed by atoms with Crippen LogP contribution in [0.15, 0.2) is 0 Å². The zero-order valence-corrected chi connectivity index (χ0v) is 12.6. The molecule has 4 atom stereocenters. The van der Waals surface area contributed by atoms with E-state index in [1.807, 2.05) is 13.8 Å². The molecule has 1 amide bonds. The number of aliphatic carboxylic acids is 1. The SMILES string of the molecule is CSC1CCCCC1NC(=O)[C@H]1[C@@H](C(=O)O)C1(C)C. The molecule has 0 aromatic rings. The number of thioether (sulfide) groups is 1. The number of carboxylic acid groups (broad SMARTS) is 1. The maximum atomic E-state index is 12.3. The standard InChI is InChI=1S/C14H23NO3S/c1-14(2)10(11(14)13(17)18)12(16)15-8-6-4-5-7-9(8)19-3/h8-11H,4-7H2,1-3H3,(H,15,16)(H,17,18)/t8?,9?,10-,11+/m1/s1. The molecule has 2 unspecified atom stereocenters. The lowest BCUT2D eigenvalue weighted by molar-refractivity contribution is -0.140. The molecule has 2 fully saturated rings. The summed E-state index contributed by atoms with van der Waals surface area (Å²) in [6.45, 7) is 3.73. The first-order valence-electron chi connectivity index (χ1n) is 6.95. The Morgan fingerprint density at radius 2 is 1.84 bits per heavy atom. The second-order valence-electron chi connectivity index (χ2n) is 6.29. The first-order chi connectivity index (χ1) is 8.89. The molecule has 5 heteroatoms.